The Kier molecular flexibility index (Phi) is 5.44. The number of rotatable bonds is 5. The molecule has 168 valence electrons. The molecule has 5 rings (SSSR count). The highest BCUT2D eigenvalue weighted by Gasteiger charge is 2.60. The molecule has 0 spiro atoms. The van der Waals surface area contributed by atoms with Crippen LogP contribution in [0, 0.1) is 5.92 Å². The van der Waals surface area contributed by atoms with E-state index in [9.17, 15) is 9.59 Å². The number of hydrogen-bond acceptors (Lipinski definition) is 6. The van der Waals surface area contributed by atoms with Gasteiger partial charge in [-0.2, -0.15) is 0 Å². The van der Waals surface area contributed by atoms with Gasteiger partial charge in [-0.3, -0.25) is 14.4 Å². The van der Waals surface area contributed by atoms with Crippen LogP contribution in [0.1, 0.15) is 11.6 Å². The molecular formula is C25H21ClN2O5. The first-order chi connectivity index (χ1) is 16.0. The van der Waals surface area contributed by atoms with Crippen molar-refractivity contribution in [3.8, 4) is 11.5 Å². The summed E-state index contributed by atoms with van der Waals surface area (Å²) in [5, 5.41) is 2.14. The van der Waals surface area contributed by atoms with E-state index in [0.717, 1.165) is 5.69 Å². The minimum absolute atomic E-state index is 0.347. The number of carbonyl (C=O) groups excluding carboxylic acids is 2. The Hall–Kier alpha value is -3.55. The van der Waals surface area contributed by atoms with Gasteiger partial charge in [-0.05, 0) is 54.6 Å². The lowest BCUT2D eigenvalue weighted by Crippen LogP contribution is -2.37. The lowest BCUT2D eigenvalue weighted by Gasteiger charge is -2.29. The first-order valence-corrected chi connectivity index (χ1v) is 10.8. The second-order valence-corrected chi connectivity index (χ2v) is 8.19. The Morgan fingerprint density at radius 2 is 1.58 bits per heavy atom. The molecule has 3 atom stereocenters. The number of halogens is 1. The molecule has 2 fully saturated rings. The molecule has 0 bridgehead atoms. The van der Waals surface area contributed by atoms with Gasteiger partial charge in [0.15, 0.2) is 6.10 Å². The number of hydrogen-bond donors (Lipinski definition) is 0. The molecule has 3 aromatic rings. The van der Waals surface area contributed by atoms with Gasteiger partial charge in [-0.1, -0.05) is 29.8 Å². The Bertz CT molecular complexity index is 1200. The summed E-state index contributed by atoms with van der Waals surface area (Å²) in [5.41, 5.74) is 1.86. The maximum absolute atomic E-state index is 13.7. The quantitative estimate of drug-likeness (QED) is 0.521. The van der Waals surface area contributed by atoms with Crippen molar-refractivity contribution < 1.29 is 23.9 Å². The maximum Gasteiger partial charge on any atom is 0.266 e. The normalized spacial score (nSPS) is 22.0. The minimum Gasteiger partial charge on any atom is -0.497 e. The predicted molar refractivity (Wildman–Crippen MR) is 124 cm³/mol. The number of amides is 2. The smallest absolute Gasteiger partial charge is 0.266 e. The van der Waals surface area contributed by atoms with E-state index in [1.54, 1.807) is 55.7 Å². The van der Waals surface area contributed by atoms with E-state index in [1.165, 1.54) is 4.90 Å². The number of methoxy groups -OCH3 is 2. The molecule has 2 aliphatic rings. The average molecular weight is 465 g/mol. The van der Waals surface area contributed by atoms with Gasteiger partial charge < -0.3 is 9.47 Å². The highest BCUT2D eigenvalue weighted by molar-refractivity contribution is 6.31. The van der Waals surface area contributed by atoms with E-state index < -0.39 is 24.0 Å². The van der Waals surface area contributed by atoms with Crippen LogP contribution in [0.25, 0.3) is 0 Å². The lowest BCUT2D eigenvalue weighted by molar-refractivity contribution is -0.126. The van der Waals surface area contributed by atoms with Crippen molar-refractivity contribution in [3.63, 3.8) is 0 Å². The minimum atomic E-state index is -0.978. The molecule has 2 saturated heterocycles. The fourth-order valence-electron chi connectivity index (χ4n) is 4.44. The second-order valence-electron chi connectivity index (χ2n) is 7.75. The van der Waals surface area contributed by atoms with Gasteiger partial charge >= 0.3 is 0 Å². The van der Waals surface area contributed by atoms with Crippen LogP contribution in [0.15, 0.2) is 72.8 Å². The van der Waals surface area contributed by atoms with Gasteiger partial charge in [0.1, 0.15) is 23.5 Å². The van der Waals surface area contributed by atoms with E-state index in [4.69, 9.17) is 25.9 Å². The standard InChI is InChI=1S/C25H21ClN2O5/c1-31-18-12-13-20(32-2)19(14-18)22-21-23(33-28(22)17-6-4-3-5-7-17)25(30)27(24(21)29)16-10-8-15(26)9-11-16/h3-14,21-23H,1-2H3/t21-,22+,23+/m1/s1. The number of imide groups is 1. The molecule has 0 radical (unpaired) electrons. The largest absolute Gasteiger partial charge is 0.497 e. The zero-order chi connectivity index (χ0) is 23.1. The number of nitrogens with zero attached hydrogens (tertiary/aromatic N) is 2. The third kappa shape index (κ3) is 3.50. The number of anilines is 2. The first-order valence-electron chi connectivity index (χ1n) is 10.4. The molecule has 2 heterocycles. The van der Waals surface area contributed by atoms with Crippen LogP contribution in [-0.2, 0) is 14.4 Å². The number of para-hydroxylation sites is 1. The van der Waals surface area contributed by atoms with E-state index in [2.05, 4.69) is 0 Å². The summed E-state index contributed by atoms with van der Waals surface area (Å²) in [6.07, 6.45) is -0.978. The van der Waals surface area contributed by atoms with Crippen molar-refractivity contribution in [2.45, 2.75) is 12.1 Å². The van der Waals surface area contributed by atoms with Crippen molar-refractivity contribution in [1.82, 2.24) is 0 Å². The van der Waals surface area contributed by atoms with Crippen molar-refractivity contribution >= 4 is 34.8 Å². The summed E-state index contributed by atoms with van der Waals surface area (Å²) in [7, 11) is 3.13. The van der Waals surface area contributed by atoms with Gasteiger partial charge in [-0.15, -0.1) is 0 Å². The summed E-state index contributed by atoms with van der Waals surface area (Å²) < 4.78 is 11.0. The fourth-order valence-corrected chi connectivity index (χ4v) is 4.57. The summed E-state index contributed by atoms with van der Waals surface area (Å²) in [6.45, 7) is 0. The van der Waals surface area contributed by atoms with Crippen LogP contribution in [0.3, 0.4) is 0 Å². The van der Waals surface area contributed by atoms with Crippen molar-refractivity contribution in [2.75, 3.05) is 24.2 Å². The maximum atomic E-state index is 13.7. The van der Waals surface area contributed by atoms with Crippen LogP contribution in [0.4, 0.5) is 11.4 Å². The van der Waals surface area contributed by atoms with E-state index >= 15 is 0 Å². The third-order valence-corrected chi connectivity index (χ3v) is 6.22. The zero-order valence-corrected chi connectivity index (χ0v) is 18.7. The molecule has 2 amide bonds. The Morgan fingerprint density at radius 3 is 2.24 bits per heavy atom. The van der Waals surface area contributed by atoms with Crippen LogP contribution in [-0.4, -0.2) is 32.1 Å². The van der Waals surface area contributed by atoms with Gasteiger partial charge in [0.2, 0.25) is 5.91 Å². The van der Waals surface area contributed by atoms with E-state index in [-0.39, 0.29) is 5.91 Å². The predicted octanol–water partition coefficient (Wildman–Crippen LogP) is 4.41. The van der Waals surface area contributed by atoms with Crippen LogP contribution in [0.2, 0.25) is 5.02 Å². The van der Waals surface area contributed by atoms with E-state index in [1.807, 2.05) is 36.4 Å². The molecular weight excluding hydrogens is 444 g/mol. The van der Waals surface area contributed by atoms with Crippen LogP contribution < -0.4 is 19.4 Å². The van der Waals surface area contributed by atoms with Crippen LogP contribution >= 0.6 is 11.6 Å². The monoisotopic (exact) mass is 464 g/mol. The third-order valence-electron chi connectivity index (χ3n) is 5.97. The molecule has 0 aromatic heterocycles. The SMILES string of the molecule is COc1ccc(OC)c([C@H]2[C@H]3C(=O)N(c4ccc(Cl)cc4)C(=O)[C@H]3ON2c2ccccc2)c1. The molecule has 0 unspecified atom stereocenters. The Labute approximate surface area is 196 Å². The van der Waals surface area contributed by atoms with Gasteiger partial charge in [0, 0.05) is 10.6 Å². The number of carbonyl (C=O) groups is 2. The Morgan fingerprint density at radius 1 is 0.848 bits per heavy atom. The molecule has 33 heavy (non-hydrogen) atoms. The summed E-state index contributed by atoms with van der Waals surface area (Å²) >= 11 is 5.99. The topological polar surface area (TPSA) is 68.3 Å². The van der Waals surface area contributed by atoms with Gasteiger partial charge in [0.05, 0.1) is 25.6 Å². The molecule has 7 nitrogen and oxygen atoms in total. The number of hydroxylamine groups is 1. The summed E-state index contributed by atoms with van der Waals surface area (Å²) in [5.74, 6) is -0.377. The lowest BCUT2D eigenvalue weighted by atomic mass is 9.89. The molecule has 2 aliphatic heterocycles. The Balaban J connectivity index is 1.63. The number of benzene rings is 3. The number of fused-ring (bicyclic) bond motifs is 1. The highest BCUT2D eigenvalue weighted by atomic mass is 35.5. The van der Waals surface area contributed by atoms with Crippen LogP contribution in [0.5, 0.6) is 11.5 Å². The molecule has 0 aliphatic carbocycles. The summed E-state index contributed by atoms with van der Waals surface area (Å²) in [4.78, 5) is 34.4. The fraction of sp³-hybridized carbons (Fsp3) is 0.200. The van der Waals surface area contributed by atoms with E-state index in [0.29, 0.717) is 27.8 Å². The van der Waals surface area contributed by atoms with Gasteiger partial charge in [-0.25, -0.2) is 9.96 Å². The second kappa shape index (κ2) is 8.42. The first kappa shape index (κ1) is 21.3. The molecule has 8 heteroatoms. The molecule has 0 N–H and O–H groups in total. The molecule has 3 aromatic carbocycles. The zero-order valence-electron chi connectivity index (χ0n) is 18.0. The highest BCUT2D eigenvalue weighted by Crippen LogP contribution is 2.50. The molecule has 0 saturated carbocycles. The van der Waals surface area contributed by atoms with Crippen molar-refractivity contribution in [1.29, 1.82) is 0 Å². The number of ether oxygens (including phenoxy) is 2. The summed E-state index contributed by atoms with van der Waals surface area (Å²) in [6, 6.07) is 20.7. The van der Waals surface area contributed by atoms with Crippen molar-refractivity contribution in [2.24, 2.45) is 5.92 Å². The van der Waals surface area contributed by atoms with Gasteiger partial charge in [0.25, 0.3) is 5.91 Å². The van der Waals surface area contributed by atoms with Crippen molar-refractivity contribution in [3.05, 3.63) is 83.4 Å². The average Bonchev–Trinajstić information content (AvgIpc) is 3.36.